The highest BCUT2D eigenvalue weighted by molar-refractivity contribution is 7.19. The van der Waals surface area contributed by atoms with Crippen LogP contribution in [0.3, 0.4) is 0 Å². The Morgan fingerprint density at radius 3 is 3.00 bits per heavy atom. The summed E-state index contributed by atoms with van der Waals surface area (Å²) in [6.07, 6.45) is 3.36. The third kappa shape index (κ3) is 2.45. The number of nitrogens with zero attached hydrogens (tertiary/aromatic N) is 2. The minimum Gasteiger partial charge on any atom is -0.478 e. The molecule has 4 rings (SSSR count). The first-order chi connectivity index (χ1) is 11.1. The Balaban J connectivity index is 1.82. The van der Waals surface area contributed by atoms with Crippen LogP contribution in [-0.2, 0) is 12.8 Å². The van der Waals surface area contributed by atoms with Crippen LogP contribution in [0, 0.1) is 6.92 Å². The van der Waals surface area contributed by atoms with Gasteiger partial charge >= 0.3 is 5.97 Å². The normalized spacial score (nSPS) is 13.3. The van der Waals surface area contributed by atoms with Crippen molar-refractivity contribution in [3.63, 3.8) is 0 Å². The fraction of sp³-hybridized carbons (Fsp3) is 0.235. The summed E-state index contributed by atoms with van der Waals surface area (Å²) in [5, 5.41) is 13.5. The van der Waals surface area contributed by atoms with E-state index in [-0.39, 0.29) is 5.56 Å². The molecule has 1 aliphatic carbocycles. The van der Waals surface area contributed by atoms with Crippen molar-refractivity contribution < 1.29 is 9.90 Å². The van der Waals surface area contributed by atoms with Gasteiger partial charge in [0.25, 0.3) is 0 Å². The summed E-state index contributed by atoms with van der Waals surface area (Å²) in [5.41, 5.74) is 2.33. The third-order valence-corrected chi connectivity index (χ3v) is 5.23. The van der Waals surface area contributed by atoms with Gasteiger partial charge in [-0.05, 0) is 49.9 Å². The lowest BCUT2D eigenvalue weighted by Crippen LogP contribution is -2.01. The molecule has 0 amide bonds. The molecule has 0 aliphatic heterocycles. The van der Waals surface area contributed by atoms with Gasteiger partial charge in [0.05, 0.1) is 10.9 Å². The number of fused-ring (bicyclic) bond motifs is 3. The van der Waals surface area contributed by atoms with Crippen LogP contribution in [0.25, 0.3) is 10.2 Å². The number of carbonyl (C=O) groups is 1. The van der Waals surface area contributed by atoms with Gasteiger partial charge in [0.15, 0.2) is 0 Å². The van der Waals surface area contributed by atoms with E-state index in [4.69, 9.17) is 5.11 Å². The first-order valence-corrected chi connectivity index (χ1v) is 8.33. The largest absolute Gasteiger partial charge is 0.478 e. The Bertz CT molecular complexity index is 933. The van der Waals surface area contributed by atoms with Crippen molar-refractivity contribution in [1.82, 2.24) is 9.97 Å². The Kier molecular flexibility index (Phi) is 3.27. The maximum absolute atomic E-state index is 11.1. The van der Waals surface area contributed by atoms with E-state index < -0.39 is 5.97 Å². The highest BCUT2D eigenvalue weighted by Crippen LogP contribution is 2.40. The summed E-state index contributed by atoms with van der Waals surface area (Å²) in [7, 11) is 0. The van der Waals surface area contributed by atoms with Gasteiger partial charge in [-0.2, -0.15) is 0 Å². The second kappa shape index (κ2) is 5.31. The van der Waals surface area contributed by atoms with Crippen LogP contribution in [0.5, 0.6) is 0 Å². The fourth-order valence-electron chi connectivity index (χ4n) is 3.06. The topological polar surface area (TPSA) is 75.1 Å². The van der Waals surface area contributed by atoms with E-state index in [9.17, 15) is 4.79 Å². The predicted octanol–water partition coefficient (Wildman–Crippen LogP) is 3.93. The number of benzene rings is 1. The molecule has 0 unspecified atom stereocenters. The lowest BCUT2D eigenvalue weighted by atomic mass is 10.1. The number of carboxylic acids is 1. The molecule has 1 aliphatic rings. The number of anilines is 2. The third-order valence-electron chi connectivity index (χ3n) is 4.05. The molecule has 5 nitrogen and oxygen atoms in total. The lowest BCUT2D eigenvalue weighted by Gasteiger charge is -2.09. The quantitative estimate of drug-likeness (QED) is 0.763. The van der Waals surface area contributed by atoms with Gasteiger partial charge in [0.1, 0.15) is 16.5 Å². The minimum absolute atomic E-state index is 0.257. The number of thiophene rings is 1. The van der Waals surface area contributed by atoms with E-state index in [1.165, 1.54) is 16.9 Å². The minimum atomic E-state index is -0.936. The molecular formula is C17H15N3O2S. The van der Waals surface area contributed by atoms with Crippen LogP contribution in [0.2, 0.25) is 0 Å². The van der Waals surface area contributed by atoms with Crippen LogP contribution < -0.4 is 5.32 Å². The molecule has 0 atom stereocenters. The highest BCUT2D eigenvalue weighted by atomic mass is 32.1. The van der Waals surface area contributed by atoms with Crippen LogP contribution >= 0.6 is 11.3 Å². The maximum atomic E-state index is 11.1. The zero-order valence-corrected chi connectivity index (χ0v) is 13.4. The Morgan fingerprint density at radius 1 is 1.30 bits per heavy atom. The summed E-state index contributed by atoms with van der Waals surface area (Å²) >= 11 is 1.75. The number of aromatic nitrogens is 2. The van der Waals surface area contributed by atoms with Crippen molar-refractivity contribution >= 4 is 39.0 Å². The van der Waals surface area contributed by atoms with Gasteiger partial charge in [-0.3, -0.25) is 0 Å². The lowest BCUT2D eigenvalue weighted by molar-refractivity contribution is 0.0697. The molecule has 0 spiro atoms. The van der Waals surface area contributed by atoms with Gasteiger partial charge in [0, 0.05) is 10.6 Å². The number of hydrogen-bond donors (Lipinski definition) is 2. The van der Waals surface area contributed by atoms with E-state index in [0.717, 1.165) is 34.6 Å². The van der Waals surface area contributed by atoms with Crippen molar-refractivity contribution in [3.8, 4) is 0 Å². The first-order valence-electron chi connectivity index (χ1n) is 7.51. The Morgan fingerprint density at radius 2 is 2.17 bits per heavy atom. The molecule has 0 saturated heterocycles. The smallest absolute Gasteiger partial charge is 0.335 e. The van der Waals surface area contributed by atoms with Gasteiger partial charge in [-0.15, -0.1) is 11.3 Å². The van der Waals surface area contributed by atoms with Crippen LogP contribution in [-0.4, -0.2) is 21.0 Å². The fourth-order valence-corrected chi connectivity index (χ4v) is 4.37. The van der Waals surface area contributed by atoms with E-state index in [1.807, 2.05) is 13.0 Å². The molecule has 0 radical (unpaired) electrons. The molecule has 2 aromatic heterocycles. The molecule has 23 heavy (non-hydrogen) atoms. The molecule has 2 heterocycles. The summed E-state index contributed by atoms with van der Waals surface area (Å²) in [4.78, 5) is 22.7. The van der Waals surface area contributed by atoms with Crippen LogP contribution in [0.4, 0.5) is 11.5 Å². The number of aryl methyl sites for hydroxylation is 3. The second-order valence-electron chi connectivity index (χ2n) is 5.67. The summed E-state index contributed by atoms with van der Waals surface area (Å²) in [6, 6.07) is 6.78. The van der Waals surface area contributed by atoms with Crippen molar-refractivity contribution in [2.24, 2.45) is 0 Å². The summed E-state index contributed by atoms with van der Waals surface area (Å²) in [6.45, 7) is 1.88. The molecule has 3 aromatic rings. The molecular weight excluding hydrogens is 310 g/mol. The number of nitrogens with one attached hydrogen (secondary N) is 1. The number of rotatable bonds is 3. The van der Waals surface area contributed by atoms with E-state index in [2.05, 4.69) is 15.3 Å². The molecule has 1 aromatic carbocycles. The molecule has 116 valence electrons. The molecule has 2 N–H and O–H groups in total. The van der Waals surface area contributed by atoms with Crippen LogP contribution in [0.1, 0.15) is 33.0 Å². The van der Waals surface area contributed by atoms with Crippen molar-refractivity contribution in [3.05, 3.63) is 46.1 Å². The Hall–Kier alpha value is -2.47. The SMILES string of the molecule is Cc1nc(Nc2cccc(C(=O)O)c2)c2c3c(sc2n1)CCC3. The Labute approximate surface area is 137 Å². The number of aromatic carboxylic acids is 1. The molecule has 0 bridgehead atoms. The standard InChI is InChI=1S/C17H15N3O2S/c1-9-18-15(20-11-5-2-4-10(8-11)17(21)22)14-12-6-3-7-13(12)23-16(14)19-9/h2,4-5,8H,3,6-7H2,1H3,(H,21,22)(H,18,19,20). The average molecular weight is 325 g/mol. The van der Waals surface area contributed by atoms with Gasteiger partial charge in [-0.1, -0.05) is 6.07 Å². The number of hydrogen-bond acceptors (Lipinski definition) is 5. The highest BCUT2D eigenvalue weighted by Gasteiger charge is 2.22. The molecule has 0 fully saturated rings. The molecule has 6 heteroatoms. The monoisotopic (exact) mass is 325 g/mol. The van der Waals surface area contributed by atoms with Crippen molar-refractivity contribution in [2.45, 2.75) is 26.2 Å². The second-order valence-corrected chi connectivity index (χ2v) is 6.75. The zero-order valence-electron chi connectivity index (χ0n) is 12.6. The summed E-state index contributed by atoms with van der Waals surface area (Å²) in [5.74, 6) is 0.554. The van der Waals surface area contributed by atoms with Crippen molar-refractivity contribution in [1.29, 1.82) is 0 Å². The van der Waals surface area contributed by atoms with Gasteiger partial charge in [0.2, 0.25) is 0 Å². The van der Waals surface area contributed by atoms with E-state index in [0.29, 0.717) is 5.82 Å². The van der Waals surface area contributed by atoms with E-state index in [1.54, 1.807) is 29.5 Å². The zero-order chi connectivity index (χ0) is 16.0. The van der Waals surface area contributed by atoms with Gasteiger partial charge in [-0.25, -0.2) is 14.8 Å². The first kappa shape index (κ1) is 14.1. The van der Waals surface area contributed by atoms with E-state index >= 15 is 0 Å². The predicted molar refractivity (Wildman–Crippen MR) is 90.9 cm³/mol. The number of carboxylic acid groups (broad SMARTS) is 1. The average Bonchev–Trinajstić information content (AvgIpc) is 3.07. The van der Waals surface area contributed by atoms with Gasteiger partial charge < -0.3 is 10.4 Å². The van der Waals surface area contributed by atoms with Crippen molar-refractivity contribution in [2.75, 3.05) is 5.32 Å². The maximum Gasteiger partial charge on any atom is 0.335 e. The van der Waals surface area contributed by atoms with Crippen LogP contribution in [0.15, 0.2) is 24.3 Å². The summed E-state index contributed by atoms with van der Waals surface area (Å²) < 4.78 is 0. The molecule has 0 saturated carbocycles.